The molecule has 3 aromatic carbocycles. The number of furan rings is 1. The van der Waals surface area contributed by atoms with Crippen LogP contribution in [0.1, 0.15) is 12.5 Å². The number of carbonyl (C=O) groups excluding carboxylic acids is 1. The molecule has 37 heavy (non-hydrogen) atoms. The molecule has 0 saturated heterocycles. The highest BCUT2D eigenvalue weighted by atomic mass is 16.6. The van der Waals surface area contributed by atoms with E-state index in [2.05, 4.69) is 5.10 Å². The second-order valence-corrected chi connectivity index (χ2v) is 8.12. The van der Waals surface area contributed by atoms with Gasteiger partial charge in [0, 0.05) is 10.9 Å². The van der Waals surface area contributed by atoms with Crippen LogP contribution in [0.5, 0.6) is 11.5 Å². The van der Waals surface area contributed by atoms with Crippen LogP contribution in [-0.4, -0.2) is 42.2 Å². The Hall–Kier alpha value is -4.92. The second kappa shape index (κ2) is 9.98. The van der Waals surface area contributed by atoms with Crippen molar-refractivity contribution in [2.45, 2.75) is 13.0 Å². The molecule has 0 bridgehead atoms. The molecule has 0 fully saturated rings. The lowest BCUT2D eigenvalue weighted by atomic mass is 10.2. The van der Waals surface area contributed by atoms with E-state index in [1.807, 2.05) is 36.4 Å². The van der Waals surface area contributed by atoms with Crippen LogP contribution in [0.15, 0.2) is 87.1 Å². The lowest BCUT2D eigenvalue weighted by Gasteiger charge is -2.17. The molecule has 0 radical (unpaired) electrons. The monoisotopic (exact) mass is 497 g/mol. The number of benzene rings is 3. The highest BCUT2D eigenvalue weighted by Gasteiger charge is 2.20. The number of esters is 1. The van der Waals surface area contributed by atoms with Crippen LogP contribution in [-0.2, 0) is 9.53 Å². The zero-order valence-corrected chi connectivity index (χ0v) is 20.4. The molecule has 5 rings (SSSR count). The second-order valence-electron chi connectivity index (χ2n) is 8.12. The van der Waals surface area contributed by atoms with Crippen LogP contribution in [0, 0.1) is 0 Å². The van der Waals surface area contributed by atoms with E-state index in [0.717, 1.165) is 5.39 Å². The van der Waals surface area contributed by atoms with Gasteiger partial charge in [0.1, 0.15) is 5.58 Å². The molecule has 0 N–H and O–H groups in total. The molecule has 1 atom stereocenters. The standard InChI is InChI=1S/C28H23N3O6/c1-17(28(33)35-3)36-25-19(10-8-14-23(25)34-2)16-29-31-26(24-15-18-9-4-7-13-22(18)37-24)30-21-12-6-5-11-20(21)27(31)32/h4-17H,1-3H3/t17-/m0/s1. The van der Waals surface area contributed by atoms with Crippen molar-refractivity contribution in [3.05, 3.63) is 88.7 Å². The van der Waals surface area contributed by atoms with E-state index in [1.165, 1.54) is 25.1 Å². The minimum atomic E-state index is -0.899. The van der Waals surface area contributed by atoms with E-state index in [0.29, 0.717) is 33.6 Å². The first-order valence-electron chi connectivity index (χ1n) is 11.5. The zero-order chi connectivity index (χ0) is 25.9. The summed E-state index contributed by atoms with van der Waals surface area (Å²) in [6.45, 7) is 1.57. The molecule has 186 valence electrons. The SMILES string of the molecule is COC(=O)[C@H](C)Oc1c(C=Nn2c(-c3cc4ccccc4o3)nc3ccccc3c2=O)cccc1OC. The van der Waals surface area contributed by atoms with Gasteiger partial charge in [-0.3, -0.25) is 4.79 Å². The number of carbonyl (C=O) groups is 1. The Labute approximate surface area is 211 Å². The third kappa shape index (κ3) is 4.54. The van der Waals surface area contributed by atoms with Crippen molar-refractivity contribution in [3.8, 4) is 23.1 Å². The molecule has 0 aliphatic heterocycles. The number of para-hydroxylation sites is 3. The number of ether oxygens (including phenoxy) is 3. The zero-order valence-electron chi connectivity index (χ0n) is 20.4. The number of aromatic nitrogens is 2. The van der Waals surface area contributed by atoms with Gasteiger partial charge in [-0.1, -0.05) is 36.4 Å². The normalized spacial score (nSPS) is 12.2. The highest BCUT2D eigenvalue weighted by Crippen LogP contribution is 2.32. The van der Waals surface area contributed by atoms with Crippen molar-refractivity contribution in [1.29, 1.82) is 0 Å². The average molecular weight is 498 g/mol. The molecular formula is C28H23N3O6. The van der Waals surface area contributed by atoms with Crippen LogP contribution >= 0.6 is 0 Å². The minimum Gasteiger partial charge on any atom is -0.493 e. The van der Waals surface area contributed by atoms with E-state index >= 15 is 0 Å². The fraction of sp³-hybridized carbons (Fsp3) is 0.143. The first-order chi connectivity index (χ1) is 18.0. The minimum absolute atomic E-state index is 0.240. The van der Waals surface area contributed by atoms with Crippen molar-refractivity contribution in [2.24, 2.45) is 5.10 Å². The quantitative estimate of drug-likeness (QED) is 0.238. The molecule has 2 heterocycles. The van der Waals surface area contributed by atoms with E-state index in [4.69, 9.17) is 23.6 Å². The van der Waals surface area contributed by atoms with Crippen LogP contribution in [0.4, 0.5) is 0 Å². The van der Waals surface area contributed by atoms with Crippen LogP contribution in [0.3, 0.4) is 0 Å². The van der Waals surface area contributed by atoms with Gasteiger partial charge in [0.05, 0.1) is 31.3 Å². The Balaban J connectivity index is 1.66. The Morgan fingerprint density at radius 1 is 1.05 bits per heavy atom. The topological polar surface area (TPSA) is 105 Å². The molecule has 0 saturated carbocycles. The third-order valence-corrected chi connectivity index (χ3v) is 5.77. The molecule has 5 aromatic rings. The van der Waals surface area contributed by atoms with E-state index < -0.39 is 12.1 Å². The fourth-order valence-electron chi connectivity index (χ4n) is 3.91. The van der Waals surface area contributed by atoms with Gasteiger partial charge >= 0.3 is 5.97 Å². The summed E-state index contributed by atoms with van der Waals surface area (Å²) in [5, 5.41) is 5.76. The number of methoxy groups -OCH3 is 2. The van der Waals surface area contributed by atoms with Crippen molar-refractivity contribution in [2.75, 3.05) is 14.2 Å². The number of hydrogen-bond acceptors (Lipinski definition) is 8. The summed E-state index contributed by atoms with van der Waals surface area (Å²) in [5.74, 6) is 0.753. The van der Waals surface area contributed by atoms with Crippen molar-refractivity contribution < 1.29 is 23.4 Å². The Bertz CT molecular complexity index is 1670. The summed E-state index contributed by atoms with van der Waals surface area (Å²) in [7, 11) is 2.77. The van der Waals surface area contributed by atoms with E-state index in [1.54, 1.807) is 43.3 Å². The molecule has 0 spiro atoms. The number of hydrogen-bond donors (Lipinski definition) is 0. The van der Waals surface area contributed by atoms with Crippen LogP contribution < -0.4 is 15.0 Å². The van der Waals surface area contributed by atoms with Crippen molar-refractivity contribution in [1.82, 2.24) is 9.66 Å². The van der Waals surface area contributed by atoms with Gasteiger partial charge in [-0.25, -0.2) is 9.78 Å². The average Bonchev–Trinajstić information content (AvgIpc) is 3.36. The molecule has 0 aliphatic carbocycles. The van der Waals surface area contributed by atoms with Gasteiger partial charge in [0.2, 0.25) is 5.82 Å². The van der Waals surface area contributed by atoms with Gasteiger partial charge in [0.15, 0.2) is 23.4 Å². The highest BCUT2D eigenvalue weighted by molar-refractivity contribution is 5.87. The third-order valence-electron chi connectivity index (χ3n) is 5.77. The molecule has 0 unspecified atom stereocenters. The predicted molar refractivity (Wildman–Crippen MR) is 139 cm³/mol. The van der Waals surface area contributed by atoms with Crippen LogP contribution in [0.2, 0.25) is 0 Å². The lowest BCUT2D eigenvalue weighted by Crippen LogP contribution is -2.25. The van der Waals surface area contributed by atoms with Gasteiger partial charge < -0.3 is 18.6 Å². The summed E-state index contributed by atoms with van der Waals surface area (Å²) in [6.07, 6.45) is 0.552. The van der Waals surface area contributed by atoms with E-state index in [-0.39, 0.29) is 17.1 Å². The molecule has 2 aromatic heterocycles. The maximum absolute atomic E-state index is 13.5. The maximum Gasteiger partial charge on any atom is 0.346 e. The van der Waals surface area contributed by atoms with Crippen molar-refractivity contribution >= 4 is 34.1 Å². The first-order valence-corrected chi connectivity index (χ1v) is 11.5. The van der Waals surface area contributed by atoms with Gasteiger partial charge in [0.25, 0.3) is 5.56 Å². The fourth-order valence-corrected chi connectivity index (χ4v) is 3.91. The Kier molecular flexibility index (Phi) is 6.42. The predicted octanol–water partition coefficient (Wildman–Crippen LogP) is 4.64. The van der Waals surface area contributed by atoms with Gasteiger partial charge in [-0.15, -0.1) is 0 Å². The summed E-state index contributed by atoms with van der Waals surface area (Å²) in [4.78, 5) is 30.2. The lowest BCUT2D eigenvalue weighted by molar-refractivity contribution is -0.147. The molecule has 0 aliphatic rings. The molecule has 9 heteroatoms. The van der Waals surface area contributed by atoms with Crippen LogP contribution in [0.25, 0.3) is 33.5 Å². The number of rotatable bonds is 7. The molecular weight excluding hydrogens is 474 g/mol. The Morgan fingerprint density at radius 2 is 1.84 bits per heavy atom. The Morgan fingerprint density at radius 3 is 2.62 bits per heavy atom. The first kappa shape index (κ1) is 23.8. The van der Waals surface area contributed by atoms with Crippen molar-refractivity contribution in [3.63, 3.8) is 0 Å². The summed E-state index contributed by atoms with van der Waals surface area (Å²) >= 11 is 0. The van der Waals surface area contributed by atoms with E-state index in [9.17, 15) is 9.59 Å². The summed E-state index contributed by atoms with van der Waals surface area (Å²) in [5.41, 5.74) is 1.29. The van der Waals surface area contributed by atoms with Gasteiger partial charge in [-0.05, 0) is 43.3 Å². The largest absolute Gasteiger partial charge is 0.493 e. The number of fused-ring (bicyclic) bond motifs is 2. The number of nitrogens with zero attached hydrogens (tertiary/aromatic N) is 3. The molecule has 9 nitrogen and oxygen atoms in total. The smallest absolute Gasteiger partial charge is 0.346 e. The molecule has 0 amide bonds. The van der Waals surface area contributed by atoms with Gasteiger partial charge in [-0.2, -0.15) is 9.78 Å². The maximum atomic E-state index is 13.5. The summed E-state index contributed by atoms with van der Waals surface area (Å²) in [6, 6.07) is 21.5. The summed E-state index contributed by atoms with van der Waals surface area (Å²) < 4.78 is 23.2.